The van der Waals surface area contributed by atoms with Crippen molar-refractivity contribution in [3.8, 4) is 12.0 Å². The van der Waals surface area contributed by atoms with E-state index >= 15 is 0 Å². The number of imidazole rings is 2. The largest absolute Gasteiger partial charge is 1.00 e. The molecule has 0 spiro atoms. The summed E-state index contributed by atoms with van der Waals surface area (Å²) in [6, 6.07) is 11.6. The van der Waals surface area contributed by atoms with Crippen molar-refractivity contribution in [2.75, 3.05) is 86.2 Å². The molecule has 2 aromatic heterocycles. The van der Waals surface area contributed by atoms with Crippen LogP contribution in [0.15, 0.2) is 36.4 Å². The van der Waals surface area contributed by atoms with Crippen LogP contribution in [0.3, 0.4) is 0 Å². The summed E-state index contributed by atoms with van der Waals surface area (Å²) in [6.45, 7) is 18.7. The van der Waals surface area contributed by atoms with Crippen LogP contribution >= 0.6 is 0 Å². The number of benzene rings is 2. The second kappa shape index (κ2) is 37.5. The van der Waals surface area contributed by atoms with Crippen LogP contribution in [0.25, 0.3) is 22.1 Å². The van der Waals surface area contributed by atoms with E-state index in [0.717, 1.165) is 115 Å². The van der Waals surface area contributed by atoms with E-state index in [1.54, 1.807) is 6.07 Å². The predicted molar refractivity (Wildman–Crippen MR) is 280 cm³/mol. The standard InChI is InChI=1S/C21H31FN4O.C14H18FN3O.C7H13NO.C4H6O4.C2H3BO2.3CH4.FH.Na.H2/c1-3-27-21-23-19-14-17(22)4-5-20(19)26(21)18-8-12-25(13-9-18)15-16-6-10-24(2)11-7-16;1-2-19-14-17-12-9-10(15)3-4-13(12)18(14)11-5-7-16-8-6-11;1-8-4-2-7(6-9)3-5-8;1-3(5)7-8-4(2)6;1-2(4)5-3;;;;;;/h4-5,14,16,18H,3,6-13,15H2,1-2H3;3-4,9,11,16H,2,5-8H2,1H3;6-7H,2-5H2,1H3;1-2H3;1H3;3*1H4;1H;;1H/q;;;;-1;;;;;+1;/i;;;;;;;;;;1+2. The van der Waals surface area contributed by atoms with Crippen LogP contribution < -0.4 is 44.3 Å². The van der Waals surface area contributed by atoms with Crippen molar-refractivity contribution >= 4 is 54.3 Å². The van der Waals surface area contributed by atoms with E-state index in [9.17, 15) is 28.0 Å². The van der Waals surface area contributed by atoms with E-state index in [1.807, 2.05) is 19.9 Å². The predicted octanol–water partition coefficient (Wildman–Crippen LogP) is 5.55. The van der Waals surface area contributed by atoms with Gasteiger partial charge in [-0.05, 0) is 149 Å². The SMILES string of the molecule is C.C.C.CC(=O)OOC(C)=O.CCOc1nc2cc(F)ccc2n1C1CCN(CC2CCN(C)CC2)CC1.CCOc1nc2cc(F)ccc2n1C1CCNCC1.CN1CCC(C=O)CC1.F.[3HH].[B-]OC(C)=O.[Na+]. The molecule has 22 heteroatoms. The van der Waals surface area contributed by atoms with E-state index in [0.29, 0.717) is 54.3 Å². The van der Waals surface area contributed by atoms with E-state index < -0.39 is 17.9 Å². The Morgan fingerprint density at radius 2 is 1.08 bits per heavy atom. The smallest absolute Gasteiger partial charge is 0.793 e. The third-order valence-electron chi connectivity index (χ3n) is 12.1. The zero-order valence-corrected chi connectivity index (χ0v) is 44.3. The molecular weight excluding hydrogens is 959 g/mol. The molecule has 4 aliphatic heterocycles. The van der Waals surface area contributed by atoms with Crippen LogP contribution in [0.1, 0.15) is 122 Å². The van der Waals surface area contributed by atoms with Crippen LogP contribution in [0.5, 0.6) is 12.0 Å². The van der Waals surface area contributed by atoms with Crippen molar-refractivity contribution in [3.63, 3.8) is 0 Å². The van der Waals surface area contributed by atoms with Gasteiger partial charge in [0.2, 0.25) is 5.97 Å². The molecular formula is C51H86BF3N8NaO9. The minimum atomic E-state index is -0.639. The maximum atomic E-state index is 13.6. The van der Waals surface area contributed by atoms with Crippen LogP contribution in [-0.2, 0) is 33.6 Å². The van der Waals surface area contributed by atoms with Crippen LogP contribution in [0.4, 0.5) is 13.5 Å². The van der Waals surface area contributed by atoms with Gasteiger partial charge in [-0.2, -0.15) is 9.97 Å². The fourth-order valence-electron chi connectivity index (χ4n) is 8.58. The van der Waals surface area contributed by atoms with Gasteiger partial charge < -0.3 is 47.0 Å². The molecule has 4 aromatic rings. The molecule has 2 aromatic carbocycles. The van der Waals surface area contributed by atoms with Crippen molar-refractivity contribution < 1.29 is 87.6 Å². The third kappa shape index (κ3) is 23.9. The third-order valence-corrected chi connectivity index (χ3v) is 12.1. The maximum Gasteiger partial charge on any atom is 1.00 e. The molecule has 17 nitrogen and oxygen atoms in total. The van der Waals surface area contributed by atoms with Crippen LogP contribution in [0, 0.1) is 23.5 Å². The molecule has 4 fully saturated rings. The Morgan fingerprint density at radius 1 is 0.685 bits per heavy atom. The zero-order valence-electron chi connectivity index (χ0n) is 42.3. The quantitative estimate of drug-likeness (QED) is 0.0957. The number of aldehydes is 1. The number of carbonyl (C=O) groups is 4. The fourth-order valence-corrected chi connectivity index (χ4v) is 8.58. The summed E-state index contributed by atoms with van der Waals surface area (Å²) in [4.78, 5) is 63.3. The average molecular weight is 1050 g/mol. The Labute approximate surface area is 457 Å². The van der Waals surface area contributed by atoms with Gasteiger partial charge in [-0.25, -0.2) is 28.1 Å². The average Bonchev–Trinajstić information content (AvgIpc) is 3.87. The Hall–Kier alpha value is -4.25. The summed E-state index contributed by atoms with van der Waals surface area (Å²) < 4.78 is 46.3. The first-order valence-corrected chi connectivity index (χ1v) is 23.7. The normalized spacial score (nSPS) is 16.5. The number of aromatic nitrogens is 4. The first-order chi connectivity index (χ1) is 32.6. The van der Waals surface area contributed by atoms with E-state index in [-0.39, 0.29) is 69.6 Å². The molecule has 0 aliphatic carbocycles. The summed E-state index contributed by atoms with van der Waals surface area (Å²) in [5.74, 6) is -1.06. The summed E-state index contributed by atoms with van der Waals surface area (Å²) >= 11 is 0. The van der Waals surface area contributed by atoms with Gasteiger partial charge in [-0.15, -0.1) is 0 Å². The number of likely N-dealkylation sites (tertiary alicyclic amines) is 3. The number of nitrogens with one attached hydrogen (secondary N) is 1. The number of carbonyl (C=O) groups excluding carboxylic acids is 4. The van der Waals surface area contributed by atoms with Gasteiger partial charge in [0.1, 0.15) is 17.9 Å². The van der Waals surface area contributed by atoms with E-state index in [2.05, 4.69) is 75.7 Å². The molecule has 0 saturated carbocycles. The van der Waals surface area contributed by atoms with Gasteiger partial charge in [-0.1, -0.05) is 22.3 Å². The first kappa shape index (κ1) is 70.8. The van der Waals surface area contributed by atoms with Crippen molar-refractivity contribution in [1.29, 1.82) is 0 Å². The Kier molecular flexibility index (Phi) is 36.4. The van der Waals surface area contributed by atoms with Gasteiger partial charge in [0.05, 0.1) is 35.3 Å². The number of ether oxygens (including phenoxy) is 2. The molecule has 4 saturated heterocycles. The number of piperidine rings is 4. The molecule has 0 bridgehead atoms. The molecule has 4 aliphatic rings. The second-order valence-electron chi connectivity index (χ2n) is 17.5. The van der Waals surface area contributed by atoms with Crippen molar-refractivity contribution in [2.24, 2.45) is 11.8 Å². The molecule has 8 rings (SSSR count). The van der Waals surface area contributed by atoms with E-state index in [4.69, 9.17) is 9.47 Å². The molecule has 0 unspecified atom stereocenters. The molecule has 1 N–H and O–H groups in total. The monoisotopic (exact) mass is 1050 g/mol. The molecule has 0 amide bonds. The summed E-state index contributed by atoms with van der Waals surface area (Å²) in [5, 5.41) is 3.35. The number of rotatable bonds is 9. The summed E-state index contributed by atoms with van der Waals surface area (Å²) in [5.41, 5.74) is 3.29. The number of halogens is 3. The number of hydrogen-bond acceptors (Lipinski definition) is 15. The number of hydrogen-bond donors (Lipinski definition) is 1. The Morgan fingerprint density at radius 3 is 1.45 bits per heavy atom. The molecule has 6 heterocycles. The number of nitrogens with zero attached hydrogens (tertiary/aromatic N) is 7. The van der Waals surface area contributed by atoms with Crippen molar-refractivity contribution in [2.45, 2.75) is 120 Å². The van der Waals surface area contributed by atoms with Crippen molar-refractivity contribution in [3.05, 3.63) is 48.0 Å². The summed E-state index contributed by atoms with van der Waals surface area (Å²) in [7, 11) is 8.64. The van der Waals surface area contributed by atoms with Gasteiger partial charge >= 0.3 is 41.5 Å². The second-order valence-corrected chi connectivity index (χ2v) is 17.5. The summed E-state index contributed by atoms with van der Waals surface area (Å²) in [6.07, 6.45) is 10.1. The molecule has 0 atom stereocenters. The fraction of sp³-hybridized carbons (Fsp3) is 0.647. The Bertz CT molecular complexity index is 2170. The molecule has 73 heavy (non-hydrogen) atoms. The molecule has 3 radical (unpaired) electrons. The minimum absolute atomic E-state index is 0. The maximum absolute atomic E-state index is 13.6. The van der Waals surface area contributed by atoms with Crippen molar-refractivity contribution in [1.82, 2.24) is 39.1 Å². The van der Waals surface area contributed by atoms with Crippen LogP contribution in [-0.4, -0.2) is 152 Å². The minimum Gasteiger partial charge on any atom is -0.793 e. The van der Waals surface area contributed by atoms with Gasteiger partial charge in [0.15, 0.2) is 0 Å². The number of fused-ring (bicyclic) bond motifs is 2. The van der Waals surface area contributed by atoms with Gasteiger partial charge in [0, 0.05) is 72.0 Å². The Balaban J connectivity index is -0.000000939. The van der Waals surface area contributed by atoms with Gasteiger partial charge in [0.25, 0.3) is 12.0 Å². The zero-order chi connectivity index (χ0) is 49.6. The first-order valence-electron chi connectivity index (χ1n) is 23.7. The topological polar surface area (TPSA) is 172 Å². The van der Waals surface area contributed by atoms with Crippen LogP contribution in [0.2, 0.25) is 0 Å². The van der Waals surface area contributed by atoms with E-state index in [1.165, 1.54) is 63.7 Å². The van der Waals surface area contributed by atoms with Gasteiger partial charge in [-0.3, -0.25) is 18.6 Å². The molecule has 409 valence electrons.